The van der Waals surface area contributed by atoms with Crippen LogP contribution < -0.4 is 0 Å². The molecule has 5 heterocycles. The number of hydrogen-bond donors (Lipinski definition) is 1. The third-order valence-electron chi connectivity index (χ3n) is 7.66. The smallest absolute Gasteiger partial charge is 0.154 e. The maximum absolute atomic E-state index is 9.84. The van der Waals surface area contributed by atoms with Gasteiger partial charge >= 0.3 is 0 Å². The molecule has 0 spiro atoms. The van der Waals surface area contributed by atoms with Crippen LogP contribution in [0.15, 0.2) is 79.6 Å². The van der Waals surface area contributed by atoms with E-state index in [0.29, 0.717) is 6.04 Å². The summed E-state index contributed by atoms with van der Waals surface area (Å²) in [6.07, 6.45) is 14.7. The first-order chi connectivity index (χ1) is 18.6. The van der Waals surface area contributed by atoms with E-state index in [9.17, 15) is 5.11 Å². The molecule has 5 aromatic heterocycles. The minimum atomic E-state index is -0.175. The number of aliphatic hydroxyl groups is 1. The Morgan fingerprint density at radius 2 is 1.66 bits per heavy atom. The molecule has 0 saturated heterocycles. The average Bonchev–Trinajstić information content (AvgIpc) is 3.60. The van der Waals surface area contributed by atoms with Crippen LogP contribution in [0.25, 0.3) is 50.1 Å². The zero-order chi connectivity index (χ0) is 25.6. The minimum absolute atomic E-state index is 0.175. The summed E-state index contributed by atoms with van der Waals surface area (Å²) < 4.78 is 3.96. The van der Waals surface area contributed by atoms with Gasteiger partial charge in [-0.05, 0) is 74.1 Å². The second kappa shape index (κ2) is 9.15. The quantitative estimate of drug-likeness (QED) is 0.335. The Balaban J connectivity index is 1.25. The number of fused-ring (bicyclic) bond motifs is 2. The van der Waals surface area contributed by atoms with Crippen molar-refractivity contribution in [3.63, 3.8) is 0 Å². The lowest BCUT2D eigenvalue weighted by atomic mass is 9.93. The van der Waals surface area contributed by atoms with E-state index in [2.05, 4.69) is 45.5 Å². The summed E-state index contributed by atoms with van der Waals surface area (Å²) in [5, 5.41) is 20.5. The molecule has 0 aliphatic heterocycles. The molecule has 1 N–H and O–H groups in total. The lowest BCUT2D eigenvalue weighted by Crippen LogP contribution is -2.21. The van der Waals surface area contributed by atoms with Crippen molar-refractivity contribution in [1.29, 1.82) is 0 Å². The number of benzene rings is 1. The van der Waals surface area contributed by atoms with Crippen LogP contribution in [0, 0.1) is 6.92 Å². The number of aryl methyl sites for hydroxylation is 1. The van der Waals surface area contributed by atoms with Gasteiger partial charge in [0.15, 0.2) is 5.65 Å². The molecule has 0 atom stereocenters. The molecule has 8 nitrogen and oxygen atoms in total. The van der Waals surface area contributed by atoms with Gasteiger partial charge in [-0.15, -0.1) is 0 Å². The second-order valence-corrected chi connectivity index (χ2v) is 10.1. The molecular weight excluding hydrogens is 474 g/mol. The van der Waals surface area contributed by atoms with E-state index >= 15 is 0 Å². The molecule has 8 heteroatoms. The summed E-state index contributed by atoms with van der Waals surface area (Å²) in [6, 6.07) is 14.8. The highest BCUT2D eigenvalue weighted by molar-refractivity contribution is 5.96. The van der Waals surface area contributed by atoms with Crippen LogP contribution in [0.1, 0.15) is 37.4 Å². The summed E-state index contributed by atoms with van der Waals surface area (Å²) in [4.78, 5) is 13.5. The molecule has 1 fully saturated rings. The fraction of sp³-hybridized carbons (Fsp3) is 0.233. The Kier molecular flexibility index (Phi) is 5.47. The van der Waals surface area contributed by atoms with Crippen molar-refractivity contribution in [3.05, 3.63) is 85.3 Å². The Bertz CT molecular complexity index is 1760. The van der Waals surface area contributed by atoms with Gasteiger partial charge in [0, 0.05) is 46.9 Å². The molecule has 0 bridgehead atoms. The van der Waals surface area contributed by atoms with E-state index in [1.54, 1.807) is 12.4 Å². The highest BCUT2D eigenvalue weighted by atomic mass is 16.3. The molecule has 38 heavy (non-hydrogen) atoms. The Morgan fingerprint density at radius 3 is 2.50 bits per heavy atom. The van der Waals surface area contributed by atoms with Crippen molar-refractivity contribution < 1.29 is 5.11 Å². The Hall–Kier alpha value is -4.43. The monoisotopic (exact) mass is 501 g/mol. The average molecular weight is 502 g/mol. The highest BCUT2D eigenvalue weighted by Gasteiger charge is 2.22. The zero-order valence-electron chi connectivity index (χ0n) is 21.1. The largest absolute Gasteiger partial charge is 0.393 e. The topological polar surface area (TPSA) is 94.0 Å². The molecule has 1 saturated carbocycles. The fourth-order valence-corrected chi connectivity index (χ4v) is 5.57. The van der Waals surface area contributed by atoms with Gasteiger partial charge in [-0.3, -0.25) is 14.6 Å². The van der Waals surface area contributed by atoms with Crippen LogP contribution in [0.3, 0.4) is 0 Å². The molecule has 6 aromatic rings. The third-order valence-corrected chi connectivity index (χ3v) is 7.66. The summed E-state index contributed by atoms with van der Waals surface area (Å²) in [6.45, 7) is 2.03. The van der Waals surface area contributed by atoms with Gasteiger partial charge in [-0.2, -0.15) is 10.2 Å². The van der Waals surface area contributed by atoms with E-state index in [4.69, 9.17) is 10.1 Å². The maximum atomic E-state index is 9.84. The third kappa shape index (κ3) is 3.94. The number of rotatable bonds is 4. The number of pyridine rings is 2. The minimum Gasteiger partial charge on any atom is -0.393 e. The molecule has 188 valence electrons. The summed E-state index contributed by atoms with van der Waals surface area (Å²) in [5.41, 5.74) is 8.85. The molecule has 1 aromatic carbocycles. The van der Waals surface area contributed by atoms with E-state index in [0.717, 1.165) is 81.4 Å². The van der Waals surface area contributed by atoms with Crippen LogP contribution in [0.5, 0.6) is 0 Å². The first-order valence-corrected chi connectivity index (χ1v) is 13.0. The van der Waals surface area contributed by atoms with Gasteiger partial charge in [0.05, 0.1) is 41.4 Å². The van der Waals surface area contributed by atoms with Gasteiger partial charge in [0.25, 0.3) is 0 Å². The first kappa shape index (κ1) is 22.7. The predicted molar refractivity (Wildman–Crippen MR) is 146 cm³/mol. The normalized spacial score (nSPS) is 17.8. The van der Waals surface area contributed by atoms with E-state index in [-0.39, 0.29) is 6.10 Å². The van der Waals surface area contributed by atoms with Crippen LogP contribution >= 0.6 is 0 Å². The molecule has 1 aliphatic rings. The van der Waals surface area contributed by atoms with Crippen LogP contribution in [0.2, 0.25) is 0 Å². The lowest BCUT2D eigenvalue weighted by molar-refractivity contribution is 0.108. The lowest BCUT2D eigenvalue weighted by Gasteiger charge is -2.25. The SMILES string of the molecule is Cc1nn2c(-c3ccnc4cc(-c5ccncc5)ccc34)cnc2cc1-c1cnn(C2CCC(O)CC2)c1. The molecular formula is C30H27N7O. The van der Waals surface area contributed by atoms with E-state index < -0.39 is 0 Å². The molecule has 0 radical (unpaired) electrons. The zero-order valence-corrected chi connectivity index (χ0v) is 21.1. The number of imidazole rings is 1. The van der Waals surface area contributed by atoms with Gasteiger partial charge in [-0.25, -0.2) is 9.50 Å². The summed E-state index contributed by atoms with van der Waals surface area (Å²) in [5.74, 6) is 0. The number of hydrogen-bond acceptors (Lipinski definition) is 6. The van der Waals surface area contributed by atoms with Crippen molar-refractivity contribution >= 4 is 16.6 Å². The standard InChI is InChI=1S/C30H27N7O/c1-19-27(22-16-34-36(18-22)23-3-5-24(38)6-4-23)15-30-33-17-29(37(30)35-19)26-10-13-32-28-14-21(2-7-25(26)28)20-8-11-31-12-9-20/h2,7-18,23-24,38H,3-6H2,1H3. The van der Waals surface area contributed by atoms with Crippen LogP contribution in [0.4, 0.5) is 0 Å². The number of aliphatic hydroxyl groups excluding tert-OH is 1. The molecule has 7 rings (SSSR count). The number of aromatic nitrogens is 7. The van der Waals surface area contributed by atoms with Crippen LogP contribution in [-0.2, 0) is 0 Å². The van der Waals surface area contributed by atoms with Gasteiger partial charge in [0.2, 0.25) is 0 Å². The van der Waals surface area contributed by atoms with Crippen molar-refractivity contribution in [2.75, 3.05) is 0 Å². The van der Waals surface area contributed by atoms with Crippen molar-refractivity contribution in [3.8, 4) is 33.5 Å². The highest BCUT2D eigenvalue weighted by Crippen LogP contribution is 2.33. The maximum Gasteiger partial charge on any atom is 0.154 e. The molecule has 0 amide bonds. The second-order valence-electron chi connectivity index (χ2n) is 10.1. The van der Waals surface area contributed by atoms with E-state index in [1.165, 1.54) is 0 Å². The van der Waals surface area contributed by atoms with Crippen molar-refractivity contribution in [2.45, 2.75) is 44.8 Å². The molecule has 0 unspecified atom stereocenters. The van der Waals surface area contributed by atoms with E-state index in [1.807, 2.05) is 52.9 Å². The van der Waals surface area contributed by atoms with Crippen LogP contribution in [-0.4, -0.2) is 45.6 Å². The van der Waals surface area contributed by atoms with Gasteiger partial charge in [-0.1, -0.05) is 12.1 Å². The fourth-order valence-electron chi connectivity index (χ4n) is 5.57. The Morgan fingerprint density at radius 1 is 0.816 bits per heavy atom. The van der Waals surface area contributed by atoms with Crippen molar-refractivity contribution in [2.24, 2.45) is 0 Å². The molecule has 1 aliphatic carbocycles. The van der Waals surface area contributed by atoms with Crippen molar-refractivity contribution in [1.82, 2.24) is 34.3 Å². The predicted octanol–water partition coefficient (Wildman–Crippen LogP) is 5.65. The van der Waals surface area contributed by atoms with Gasteiger partial charge in [0.1, 0.15) is 0 Å². The first-order valence-electron chi connectivity index (χ1n) is 13.0. The Labute approximate surface area is 219 Å². The van der Waals surface area contributed by atoms with Gasteiger partial charge < -0.3 is 5.11 Å². The summed E-state index contributed by atoms with van der Waals surface area (Å²) >= 11 is 0. The number of nitrogens with zero attached hydrogens (tertiary/aromatic N) is 7. The summed E-state index contributed by atoms with van der Waals surface area (Å²) in [7, 11) is 0.